The van der Waals surface area contributed by atoms with Crippen molar-refractivity contribution in [1.29, 1.82) is 0 Å². The van der Waals surface area contributed by atoms with Crippen LogP contribution in [0.5, 0.6) is 0 Å². The molecule has 0 unspecified atom stereocenters. The van der Waals surface area contributed by atoms with Crippen molar-refractivity contribution in [2.24, 2.45) is 0 Å². The molecule has 0 aromatic heterocycles. The molecule has 0 bridgehead atoms. The average molecular weight is 350 g/mol. The van der Waals surface area contributed by atoms with E-state index in [1.807, 2.05) is 38.1 Å². The third-order valence-electron chi connectivity index (χ3n) is 4.66. The van der Waals surface area contributed by atoms with E-state index in [0.29, 0.717) is 11.1 Å². The van der Waals surface area contributed by atoms with Crippen molar-refractivity contribution in [3.63, 3.8) is 0 Å². The van der Waals surface area contributed by atoms with Crippen LogP contribution in [0, 0.1) is 6.92 Å². The third kappa shape index (κ3) is 3.67. The molecular weight excluding hydrogens is 328 g/mol. The molecule has 1 atom stereocenters. The second-order valence-electron chi connectivity index (χ2n) is 6.56. The van der Waals surface area contributed by atoms with Crippen molar-refractivity contribution < 1.29 is 14.4 Å². The highest BCUT2D eigenvalue weighted by Gasteiger charge is 2.32. The van der Waals surface area contributed by atoms with E-state index in [1.165, 1.54) is 0 Å². The molecule has 134 valence electrons. The fourth-order valence-corrected chi connectivity index (χ4v) is 3.16. The molecule has 5 nitrogen and oxygen atoms in total. The van der Waals surface area contributed by atoms with Gasteiger partial charge in [-0.2, -0.15) is 0 Å². The van der Waals surface area contributed by atoms with Crippen LogP contribution in [-0.2, 0) is 16.0 Å². The van der Waals surface area contributed by atoms with Crippen LogP contribution >= 0.6 is 0 Å². The zero-order chi connectivity index (χ0) is 18.7. The zero-order valence-electron chi connectivity index (χ0n) is 15.0. The lowest BCUT2D eigenvalue weighted by Crippen LogP contribution is -2.48. The maximum absolute atomic E-state index is 12.6. The second-order valence-corrected chi connectivity index (χ2v) is 6.56. The van der Waals surface area contributed by atoms with E-state index in [0.717, 1.165) is 22.4 Å². The van der Waals surface area contributed by atoms with Gasteiger partial charge in [0.05, 0.1) is 12.5 Å². The molecule has 0 saturated carbocycles. The Morgan fingerprint density at radius 2 is 1.81 bits per heavy atom. The second kappa shape index (κ2) is 7.52. The maximum atomic E-state index is 12.6. The Balaban J connectivity index is 1.70. The molecule has 0 fully saturated rings. The fraction of sp³-hybridized carbons (Fsp3) is 0.286. The van der Waals surface area contributed by atoms with Gasteiger partial charge >= 0.3 is 0 Å². The normalized spacial score (nSPS) is 14.8. The number of imide groups is 1. The zero-order valence-corrected chi connectivity index (χ0v) is 15.0. The number of hydrogen-bond acceptors (Lipinski definition) is 3. The van der Waals surface area contributed by atoms with E-state index in [9.17, 15) is 14.4 Å². The molecular formula is C21H22N2O3. The summed E-state index contributed by atoms with van der Waals surface area (Å²) in [5.74, 6) is -1.08. The highest BCUT2D eigenvalue weighted by molar-refractivity contribution is 6.11. The number of hydrogen-bond donors (Lipinski definition) is 1. The van der Waals surface area contributed by atoms with Crippen molar-refractivity contribution in [2.75, 3.05) is 6.54 Å². The summed E-state index contributed by atoms with van der Waals surface area (Å²) >= 11 is 0. The van der Waals surface area contributed by atoms with Crippen molar-refractivity contribution >= 4 is 17.7 Å². The number of aryl methyl sites for hydroxylation is 1. The van der Waals surface area contributed by atoms with E-state index in [2.05, 4.69) is 5.32 Å². The van der Waals surface area contributed by atoms with Crippen molar-refractivity contribution in [3.8, 4) is 0 Å². The highest BCUT2D eigenvalue weighted by Crippen LogP contribution is 2.20. The SMILES string of the molecule is CC[C@H](NC(=O)CN1C(=O)Cc2ccccc2C1=O)c1ccc(C)cc1. The molecule has 1 heterocycles. The van der Waals surface area contributed by atoms with Gasteiger partial charge in [-0.25, -0.2) is 0 Å². The van der Waals surface area contributed by atoms with Crippen LogP contribution in [0.1, 0.15) is 46.4 Å². The van der Waals surface area contributed by atoms with Crippen LogP contribution in [0.3, 0.4) is 0 Å². The highest BCUT2D eigenvalue weighted by atomic mass is 16.2. The average Bonchev–Trinajstić information content (AvgIpc) is 2.64. The lowest BCUT2D eigenvalue weighted by molar-refractivity contribution is -0.133. The van der Waals surface area contributed by atoms with Gasteiger partial charge in [0, 0.05) is 5.56 Å². The smallest absolute Gasteiger partial charge is 0.261 e. The van der Waals surface area contributed by atoms with Gasteiger partial charge in [0.15, 0.2) is 0 Å². The topological polar surface area (TPSA) is 66.5 Å². The molecule has 0 aliphatic carbocycles. The predicted molar refractivity (Wildman–Crippen MR) is 98.5 cm³/mol. The molecule has 1 aliphatic rings. The molecule has 0 spiro atoms. The summed E-state index contributed by atoms with van der Waals surface area (Å²) in [4.78, 5) is 38.3. The molecule has 1 aliphatic heterocycles. The van der Waals surface area contributed by atoms with E-state index >= 15 is 0 Å². The summed E-state index contributed by atoms with van der Waals surface area (Å²) in [6.07, 6.45) is 0.865. The Bertz CT molecular complexity index is 843. The largest absolute Gasteiger partial charge is 0.348 e. The minimum absolute atomic E-state index is 0.143. The number of amides is 3. The first kappa shape index (κ1) is 17.9. The van der Waals surface area contributed by atoms with Gasteiger partial charge in [0.25, 0.3) is 5.91 Å². The molecule has 1 N–H and O–H groups in total. The van der Waals surface area contributed by atoms with E-state index in [4.69, 9.17) is 0 Å². The summed E-state index contributed by atoms with van der Waals surface area (Å²) in [5.41, 5.74) is 3.36. The number of carbonyl (C=O) groups is 3. The maximum Gasteiger partial charge on any atom is 0.261 e. The molecule has 3 amide bonds. The van der Waals surface area contributed by atoms with Gasteiger partial charge in [-0.3, -0.25) is 19.3 Å². The number of fused-ring (bicyclic) bond motifs is 1. The summed E-state index contributed by atoms with van der Waals surface area (Å²) in [7, 11) is 0. The van der Waals surface area contributed by atoms with Crippen LogP contribution < -0.4 is 5.32 Å². The number of nitrogens with zero attached hydrogens (tertiary/aromatic N) is 1. The van der Waals surface area contributed by atoms with Crippen LogP contribution in [-0.4, -0.2) is 29.2 Å². The molecule has 2 aromatic carbocycles. The van der Waals surface area contributed by atoms with Gasteiger partial charge in [-0.1, -0.05) is 55.0 Å². The number of benzene rings is 2. The Hall–Kier alpha value is -2.95. The Labute approximate surface area is 153 Å². The standard InChI is InChI=1S/C21H22N2O3/c1-3-18(15-10-8-14(2)9-11-15)22-19(24)13-23-20(25)12-16-6-4-5-7-17(16)21(23)26/h4-11,18H,3,12-13H2,1-2H3,(H,22,24)/t18-/m0/s1. The Morgan fingerprint density at radius 3 is 2.50 bits per heavy atom. The minimum atomic E-state index is -0.407. The first-order valence-corrected chi connectivity index (χ1v) is 8.78. The molecule has 5 heteroatoms. The first-order chi connectivity index (χ1) is 12.5. The van der Waals surface area contributed by atoms with E-state index in [1.54, 1.807) is 24.3 Å². The third-order valence-corrected chi connectivity index (χ3v) is 4.66. The number of nitrogens with one attached hydrogen (secondary N) is 1. The molecule has 2 aromatic rings. The van der Waals surface area contributed by atoms with Crippen LogP contribution in [0.25, 0.3) is 0 Å². The van der Waals surface area contributed by atoms with Gasteiger partial charge in [-0.05, 0) is 30.5 Å². The monoisotopic (exact) mass is 350 g/mol. The van der Waals surface area contributed by atoms with Crippen molar-refractivity contribution in [3.05, 3.63) is 70.8 Å². The number of rotatable bonds is 5. The molecule has 0 radical (unpaired) electrons. The predicted octanol–water partition coefficient (Wildman–Crippen LogP) is 2.79. The molecule has 0 saturated heterocycles. The van der Waals surface area contributed by atoms with Gasteiger partial charge < -0.3 is 5.32 Å². The summed E-state index contributed by atoms with van der Waals surface area (Å²) in [6, 6.07) is 14.8. The Kier molecular flexibility index (Phi) is 5.16. The molecule has 3 rings (SSSR count). The fourth-order valence-electron chi connectivity index (χ4n) is 3.16. The quantitative estimate of drug-likeness (QED) is 0.843. The van der Waals surface area contributed by atoms with Crippen LogP contribution in [0.4, 0.5) is 0 Å². The lowest BCUT2D eigenvalue weighted by Gasteiger charge is -2.27. The van der Waals surface area contributed by atoms with Crippen molar-refractivity contribution in [1.82, 2.24) is 10.2 Å². The summed E-state index contributed by atoms with van der Waals surface area (Å²) in [6.45, 7) is 3.74. The van der Waals surface area contributed by atoms with E-state index < -0.39 is 5.91 Å². The van der Waals surface area contributed by atoms with Gasteiger partial charge in [0.2, 0.25) is 11.8 Å². The molecule has 26 heavy (non-hydrogen) atoms. The summed E-state index contributed by atoms with van der Waals surface area (Å²) < 4.78 is 0. The van der Waals surface area contributed by atoms with Gasteiger partial charge in [-0.15, -0.1) is 0 Å². The van der Waals surface area contributed by atoms with Crippen LogP contribution in [0.2, 0.25) is 0 Å². The minimum Gasteiger partial charge on any atom is -0.348 e. The number of carbonyl (C=O) groups excluding carboxylic acids is 3. The summed E-state index contributed by atoms with van der Waals surface area (Å²) in [5, 5.41) is 2.93. The van der Waals surface area contributed by atoms with Crippen molar-refractivity contribution in [2.45, 2.75) is 32.7 Å². The first-order valence-electron chi connectivity index (χ1n) is 8.78. The Morgan fingerprint density at radius 1 is 1.12 bits per heavy atom. The van der Waals surface area contributed by atoms with E-state index in [-0.39, 0.29) is 30.8 Å². The van der Waals surface area contributed by atoms with Gasteiger partial charge in [0.1, 0.15) is 6.54 Å². The van der Waals surface area contributed by atoms with Crippen LogP contribution in [0.15, 0.2) is 48.5 Å². The lowest BCUT2D eigenvalue weighted by atomic mass is 9.98.